The highest BCUT2D eigenvalue weighted by Gasteiger charge is 2.30. The summed E-state index contributed by atoms with van der Waals surface area (Å²) in [5.74, 6) is -1.97. The Morgan fingerprint density at radius 3 is 2.10 bits per heavy atom. The van der Waals surface area contributed by atoms with Gasteiger partial charge in [0.1, 0.15) is 15.7 Å². The van der Waals surface area contributed by atoms with Crippen molar-refractivity contribution < 1.29 is 14.3 Å². The maximum atomic E-state index is 13.1. The lowest BCUT2D eigenvalue weighted by atomic mass is 9.37. The minimum Gasteiger partial charge on any atom is -0.471 e. The fraction of sp³-hybridized carbons (Fsp3) is 0.179. The number of carbonyl (C=O) groups is 2. The molecular formula is C28H19B8N3O3. The first-order valence-electron chi connectivity index (χ1n) is 12.7. The van der Waals surface area contributed by atoms with Crippen molar-refractivity contribution in [1.29, 1.82) is 0 Å². The highest BCUT2D eigenvalue weighted by Crippen LogP contribution is 2.29. The van der Waals surface area contributed by atoms with Gasteiger partial charge in [0.15, 0.2) is 0 Å². The Bertz CT molecular complexity index is 1620. The zero-order chi connectivity index (χ0) is 30.9. The third-order valence-corrected chi connectivity index (χ3v) is 6.69. The van der Waals surface area contributed by atoms with E-state index in [4.69, 9.17) is 73.2 Å². The summed E-state index contributed by atoms with van der Waals surface area (Å²) in [5.41, 5.74) is 7.41. The molecule has 4 rings (SSSR count). The van der Waals surface area contributed by atoms with Crippen LogP contribution in [-0.4, -0.2) is 86.2 Å². The van der Waals surface area contributed by atoms with Gasteiger partial charge in [0.25, 0.3) is 0 Å². The van der Waals surface area contributed by atoms with Gasteiger partial charge in [-0.05, 0) is 40.8 Å². The minimum atomic E-state index is -2.09. The van der Waals surface area contributed by atoms with Crippen LogP contribution in [-0.2, 0) is 25.2 Å². The van der Waals surface area contributed by atoms with E-state index in [0.29, 0.717) is 11.3 Å². The summed E-state index contributed by atoms with van der Waals surface area (Å²) in [4.78, 5) is 30.3. The van der Waals surface area contributed by atoms with Gasteiger partial charge in [0.05, 0.1) is 64.0 Å². The second-order valence-electron chi connectivity index (χ2n) is 10.1. The lowest BCUT2D eigenvalue weighted by molar-refractivity contribution is -0.117. The van der Waals surface area contributed by atoms with E-state index in [-0.39, 0.29) is 34.7 Å². The summed E-state index contributed by atoms with van der Waals surface area (Å²) in [6.45, 7) is 0.0293. The molecule has 0 aliphatic heterocycles. The van der Waals surface area contributed by atoms with E-state index in [0.717, 1.165) is 10.8 Å². The molecule has 0 aliphatic rings. The Labute approximate surface area is 256 Å². The number of esters is 1. The summed E-state index contributed by atoms with van der Waals surface area (Å²) in [5, 5.41) is -1.06. The molecule has 14 heteroatoms. The first kappa shape index (κ1) is 31.4. The van der Waals surface area contributed by atoms with Gasteiger partial charge in [-0.25, -0.2) is 4.79 Å². The molecule has 0 fully saturated rings. The Morgan fingerprint density at radius 1 is 0.810 bits per heavy atom. The van der Waals surface area contributed by atoms with Crippen molar-refractivity contribution in [2.24, 2.45) is 5.73 Å². The van der Waals surface area contributed by atoms with E-state index >= 15 is 0 Å². The van der Waals surface area contributed by atoms with Crippen LogP contribution in [0.1, 0.15) is 38.5 Å². The molecule has 0 bridgehead atoms. The fourth-order valence-corrected chi connectivity index (χ4v) is 4.38. The van der Waals surface area contributed by atoms with E-state index in [1.807, 2.05) is 18.2 Å². The van der Waals surface area contributed by atoms with Gasteiger partial charge in [-0.2, -0.15) is 0 Å². The average Bonchev–Trinajstić information content (AvgIpc) is 2.92. The first-order valence-corrected chi connectivity index (χ1v) is 12.7. The number of fused-ring (bicyclic) bond motifs is 1. The van der Waals surface area contributed by atoms with Gasteiger partial charge in [0, 0.05) is 30.0 Å². The van der Waals surface area contributed by atoms with Crippen LogP contribution in [0.4, 0.5) is 5.69 Å². The fourth-order valence-electron chi connectivity index (χ4n) is 4.38. The molecule has 0 spiro atoms. The van der Waals surface area contributed by atoms with Gasteiger partial charge >= 0.3 is 5.97 Å². The zero-order valence-electron chi connectivity index (χ0n) is 22.7. The van der Waals surface area contributed by atoms with Crippen LogP contribution >= 0.6 is 0 Å². The molecule has 6 nitrogen and oxygen atoms in total. The normalized spacial score (nSPS) is 12.9. The minimum absolute atomic E-state index is 0.0293. The van der Waals surface area contributed by atoms with Gasteiger partial charge in [-0.1, -0.05) is 53.6 Å². The van der Waals surface area contributed by atoms with Crippen LogP contribution in [0.2, 0.25) is 0 Å². The molecule has 0 saturated heterocycles. The Kier molecular flexibility index (Phi) is 8.98. The molecule has 0 saturated carbocycles. The number of pyridine rings is 1. The smallest absolute Gasteiger partial charge is 0.337 e. The van der Waals surface area contributed by atoms with Crippen LogP contribution in [0.3, 0.4) is 0 Å². The molecule has 1 atom stereocenters. The van der Waals surface area contributed by atoms with Gasteiger partial charge < -0.3 is 15.8 Å². The molecule has 3 aromatic carbocycles. The highest BCUT2D eigenvalue weighted by atomic mass is 16.5. The highest BCUT2D eigenvalue weighted by molar-refractivity contribution is 6.60. The number of nitrogens with one attached hydrogen (secondary N) is 1. The lowest BCUT2D eigenvalue weighted by Gasteiger charge is -2.31. The van der Waals surface area contributed by atoms with Crippen molar-refractivity contribution in [3.8, 4) is 0 Å². The van der Waals surface area contributed by atoms with E-state index in [2.05, 4.69) is 10.3 Å². The number of ether oxygens (including phenoxy) is 1. The second-order valence-corrected chi connectivity index (χ2v) is 10.1. The molecule has 42 heavy (non-hydrogen) atoms. The van der Waals surface area contributed by atoms with E-state index < -0.39 is 27.5 Å². The van der Waals surface area contributed by atoms with Crippen molar-refractivity contribution in [2.45, 2.75) is 21.5 Å². The third kappa shape index (κ3) is 7.09. The Balaban J connectivity index is 1.51. The van der Waals surface area contributed by atoms with Crippen LogP contribution in [0.25, 0.3) is 10.8 Å². The van der Waals surface area contributed by atoms with Crippen molar-refractivity contribution in [3.63, 3.8) is 0 Å². The summed E-state index contributed by atoms with van der Waals surface area (Å²) in [7, 11) is 47.1. The predicted molar refractivity (Wildman–Crippen MR) is 172 cm³/mol. The van der Waals surface area contributed by atoms with Crippen molar-refractivity contribution in [2.75, 3.05) is 11.9 Å². The Morgan fingerprint density at radius 2 is 1.48 bits per heavy atom. The van der Waals surface area contributed by atoms with Crippen molar-refractivity contribution >= 4 is 91.1 Å². The van der Waals surface area contributed by atoms with Crippen molar-refractivity contribution in [3.05, 3.63) is 107 Å². The standard InChI is InChI=1S/C28H19B8N3O3/c29-26(30,31)19-6-8-21(23(12-19)27(32,33)34)25(41)42-28(35,36)18-4-1-15(2-5-18)22(13-37)24(40)39-20-7-3-17-14-38-10-9-16(17)11-20/h1-12,14,22H,13,37H2,(H,39,40)/t22-/m1/s1. The van der Waals surface area contributed by atoms with Gasteiger partial charge in [-0.15, -0.1) is 10.2 Å². The van der Waals surface area contributed by atoms with Gasteiger partial charge in [-0.3, -0.25) is 9.78 Å². The van der Waals surface area contributed by atoms with Crippen LogP contribution < -0.4 is 11.1 Å². The van der Waals surface area contributed by atoms with Crippen LogP contribution in [0.5, 0.6) is 0 Å². The van der Waals surface area contributed by atoms with Gasteiger partial charge in [0.2, 0.25) is 5.91 Å². The molecular weight excluding hydrogens is 513 g/mol. The molecule has 0 unspecified atom stereocenters. The lowest BCUT2D eigenvalue weighted by Crippen LogP contribution is -2.36. The number of hydrogen-bond donors (Lipinski definition) is 2. The molecule has 3 N–H and O–H groups in total. The quantitative estimate of drug-likeness (QED) is 0.242. The number of anilines is 1. The summed E-state index contributed by atoms with van der Waals surface area (Å²) >= 11 is 0. The number of rotatable bonds is 9. The number of amides is 1. The number of carbonyl (C=O) groups excluding carboxylic acids is 2. The second kappa shape index (κ2) is 12.0. The first-order chi connectivity index (χ1) is 19.6. The molecule has 188 valence electrons. The summed E-state index contributed by atoms with van der Waals surface area (Å²) < 4.78 is 5.41. The van der Waals surface area contributed by atoms with E-state index in [1.54, 1.807) is 30.6 Å². The molecule has 16 radical (unpaired) electrons. The molecule has 1 heterocycles. The number of benzene rings is 3. The largest absolute Gasteiger partial charge is 0.471 e. The maximum Gasteiger partial charge on any atom is 0.337 e. The topological polar surface area (TPSA) is 94.3 Å². The average molecular weight is 532 g/mol. The maximum absolute atomic E-state index is 13.1. The summed E-state index contributed by atoms with van der Waals surface area (Å²) in [6, 6.07) is 17.6. The number of aromatic nitrogens is 1. The Hall–Kier alpha value is -3.51. The molecule has 4 aromatic rings. The molecule has 1 aromatic heterocycles. The van der Waals surface area contributed by atoms with E-state index in [1.165, 1.54) is 30.3 Å². The monoisotopic (exact) mass is 533 g/mol. The van der Waals surface area contributed by atoms with Crippen molar-refractivity contribution in [1.82, 2.24) is 4.98 Å². The number of nitrogens with zero attached hydrogens (tertiary/aromatic N) is 1. The molecule has 0 aliphatic carbocycles. The zero-order valence-corrected chi connectivity index (χ0v) is 22.7. The third-order valence-electron chi connectivity index (χ3n) is 6.69. The molecule has 1 amide bonds. The van der Waals surface area contributed by atoms with Crippen LogP contribution in [0.15, 0.2) is 79.1 Å². The predicted octanol–water partition coefficient (Wildman–Crippen LogP) is 0.452. The summed E-state index contributed by atoms with van der Waals surface area (Å²) in [6.07, 6.45) is 3.41. The number of hydrogen-bond acceptors (Lipinski definition) is 5. The van der Waals surface area contributed by atoms with E-state index in [9.17, 15) is 9.59 Å². The van der Waals surface area contributed by atoms with Crippen LogP contribution in [0, 0.1) is 0 Å². The number of nitrogens with two attached hydrogens (primary N) is 1. The SMILES string of the molecule is [B]C([B])([B])c1ccc(C(=O)OC([B])([B])c2ccc([C@@H](CN)C(=O)Nc3ccc4cnccc4c3)cc2)c(C([B])([B])[B])c1.